The topological polar surface area (TPSA) is 74.3 Å². The Hall–Kier alpha value is -2.33. The number of aryl methyl sites for hydroxylation is 1. The van der Waals surface area contributed by atoms with Gasteiger partial charge in [0.05, 0.1) is 22.2 Å². The molecule has 158 valence electrons. The molecule has 1 aliphatic heterocycles. The van der Waals surface area contributed by atoms with E-state index in [0.717, 1.165) is 6.92 Å². The van der Waals surface area contributed by atoms with Crippen LogP contribution in [0, 0.1) is 6.92 Å². The molecule has 0 aliphatic carbocycles. The first kappa shape index (κ1) is 21.4. The van der Waals surface area contributed by atoms with E-state index >= 15 is 0 Å². The van der Waals surface area contributed by atoms with E-state index in [0.29, 0.717) is 32.0 Å². The summed E-state index contributed by atoms with van der Waals surface area (Å²) in [5, 5.41) is 3.18. The smallest absolute Gasteiger partial charge is 0.354 e. The number of anilines is 2. The largest absolute Gasteiger partial charge is 0.395 e. The molecule has 1 aromatic heterocycles. The first-order valence-corrected chi connectivity index (χ1v) is 10.7. The van der Waals surface area contributed by atoms with Crippen molar-refractivity contribution in [2.24, 2.45) is 0 Å². The Kier molecular flexibility index (Phi) is 6.04. The number of sulfonamides is 1. The van der Waals surface area contributed by atoms with E-state index in [-0.39, 0.29) is 21.8 Å². The predicted molar refractivity (Wildman–Crippen MR) is 106 cm³/mol. The molecule has 2 aromatic rings. The van der Waals surface area contributed by atoms with Gasteiger partial charge in [0.1, 0.15) is 5.82 Å². The first-order chi connectivity index (χ1) is 13.6. The number of alkyl halides is 3. The van der Waals surface area contributed by atoms with E-state index in [9.17, 15) is 21.6 Å². The van der Waals surface area contributed by atoms with Gasteiger partial charge in [-0.15, -0.1) is 0 Å². The lowest BCUT2D eigenvalue weighted by atomic mass is 9.98. The Morgan fingerprint density at radius 1 is 1.17 bits per heavy atom. The summed E-state index contributed by atoms with van der Waals surface area (Å²) in [4.78, 5) is 6.27. The van der Waals surface area contributed by atoms with Gasteiger partial charge in [0.15, 0.2) is 0 Å². The second-order valence-corrected chi connectivity index (χ2v) is 8.63. The fourth-order valence-electron chi connectivity index (χ4n) is 3.18. The highest BCUT2D eigenvalue weighted by atomic mass is 32.2. The van der Waals surface area contributed by atoms with E-state index in [1.54, 1.807) is 18.2 Å². The van der Waals surface area contributed by atoms with Crippen LogP contribution in [0.1, 0.15) is 24.1 Å². The number of piperazine rings is 1. The van der Waals surface area contributed by atoms with Gasteiger partial charge in [0.2, 0.25) is 0 Å². The van der Waals surface area contributed by atoms with Gasteiger partial charge in [-0.2, -0.15) is 13.2 Å². The fraction of sp³-hybridized carbons (Fsp3) is 0.421. The summed E-state index contributed by atoms with van der Waals surface area (Å²) in [6, 6.07) is 8.86. The number of hydrogen-bond acceptors (Lipinski definition) is 5. The average molecular weight is 428 g/mol. The van der Waals surface area contributed by atoms with Crippen LogP contribution in [-0.2, 0) is 10.0 Å². The second-order valence-electron chi connectivity index (χ2n) is 6.95. The Labute approximate surface area is 168 Å². The number of benzene rings is 1. The molecule has 0 spiro atoms. The van der Waals surface area contributed by atoms with Crippen molar-refractivity contribution in [3.8, 4) is 0 Å². The summed E-state index contributed by atoms with van der Waals surface area (Å²) in [6.07, 6.45) is -4.53. The van der Waals surface area contributed by atoms with E-state index in [4.69, 9.17) is 0 Å². The van der Waals surface area contributed by atoms with Crippen molar-refractivity contribution < 1.29 is 21.6 Å². The van der Waals surface area contributed by atoms with Crippen LogP contribution in [0.15, 0.2) is 41.3 Å². The molecule has 2 N–H and O–H groups in total. The van der Waals surface area contributed by atoms with Crippen LogP contribution in [0.4, 0.5) is 24.7 Å². The van der Waals surface area contributed by atoms with Crippen molar-refractivity contribution in [1.82, 2.24) is 10.3 Å². The minimum Gasteiger partial charge on any atom is -0.354 e. The quantitative estimate of drug-likeness (QED) is 0.765. The summed E-state index contributed by atoms with van der Waals surface area (Å²) in [7, 11) is -4.06. The van der Waals surface area contributed by atoms with Gasteiger partial charge in [0.25, 0.3) is 10.0 Å². The molecule has 29 heavy (non-hydrogen) atoms. The molecular formula is C19H23F3N4O2S. The Balaban J connectivity index is 2.07. The van der Waals surface area contributed by atoms with Crippen LogP contribution in [0.5, 0.6) is 0 Å². The lowest BCUT2D eigenvalue weighted by Gasteiger charge is -2.30. The number of halogens is 3. The number of hydrogen-bond donors (Lipinski definition) is 2. The van der Waals surface area contributed by atoms with Crippen molar-refractivity contribution in [2.45, 2.75) is 30.8 Å². The molecule has 3 rings (SSSR count). The molecule has 0 radical (unpaired) electrons. The third-order valence-electron chi connectivity index (χ3n) is 4.91. The molecule has 1 atom stereocenters. The molecule has 1 aromatic carbocycles. The highest BCUT2D eigenvalue weighted by Crippen LogP contribution is 2.40. The Morgan fingerprint density at radius 3 is 2.38 bits per heavy atom. The van der Waals surface area contributed by atoms with Gasteiger partial charge in [-0.25, -0.2) is 13.4 Å². The maximum absolute atomic E-state index is 13.6. The first-order valence-electron chi connectivity index (χ1n) is 9.21. The third-order valence-corrected chi connectivity index (χ3v) is 6.27. The van der Waals surface area contributed by atoms with E-state index < -0.39 is 22.1 Å². The lowest BCUT2D eigenvalue weighted by molar-refractivity contribution is -0.146. The van der Waals surface area contributed by atoms with Gasteiger partial charge in [-0.05, 0) is 37.6 Å². The van der Waals surface area contributed by atoms with Crippen LogP contribution < -0.4 is 14.9 Å². The summed E-state index contributed by atoms with van der Waals surface area (Å²) in [5.41, 5.74) is -0.0674. The lowest BCUT2D eigenvalue weighted by Crippen LogP contribution is -2.44. The Morgan fingerprint density at radius 2 is 1.79 bits per heavy atom. The number of pyridine rings is 1. The molecular weight excluding hydrogens is 405 g/mol. The molecule has 0 amide bonds. The SMILES string of the molecule is Cc1nc(N2CCNCC2)cc([C@@H](C)C(F)(F)F)c1NS(=O)(=O)c1ccccc1. The van der Waals surface area contributed by atoms with Gasteiger partial charge in [0, 0.05) is 26.2 Å². The minimum atomic E-state index is -4.53. The van der Waals surface area contributed by atoms with E-state index in [2.05, 4.69) is 15.0 Å². The number of aromatic nitrogens is 1. The molecule has 6 nitrogen and oxygen atoms in total. The zero-order chi connectivity index (χ0) is 21.2. The number of nitrogens with zero attached hydrogens (tertiary/aromatic N) is 2. The van der Waals surface area contributed by atoms with Crippen molar-refractivity contribution in [2.75, 3.05) is 35.8 Å². The highest BCUT2D eigenvalue weighted by Gasteiger charge is 2.39. The molecule has 1 fully saturated rings. The monoisotopic (exact) mass is 428 g/mol. The summed E-state index contributed by atoms with van der Waals surface area (Å²) in [6.45, 7) is 5.17. The van der Waals surface area contributed by atoms with E-state index in [1.807, 2.05) is 4.90 Å². The van der Waals surface area contributed by atoms with Gasteiger partial charge in [-0.3, -0.25) is 4.72 Å². The second kappa shape index (κ2) is 8.19. The minimum absolute atomic E-state index is 0.0313. The van der Waals surface area contributed by atoms with Crippen LogP contribution >= 0.6 is 0 Å². The normalized spacial score (nSPS) is 16.5. The maximum atomic E-state index is 13.6. The zero-order valence-electron chi connectivity index (χ0n) is 16.1. The molecule has 0 saturated carbocycles. The number of nitrogens with one attached hydrogen (secondary N) is 2. The fourth-order valence-corrected chi connectivity index (χ4v) is 4.35. The molecule has 1 saturated heterocycles. The summed E-state index contributed by atoms with van der Waals surface area (Å²) in [5.74, 6) is -1.45. The molecule has 0 bridgehead atoms. The van der Waals surface area contributed by atoms with Crippen LogP contribution in [0.3, 0.4) is 0 Å². The van der Waals surface area contributed by atoms with Crippen LogP contribution in [0.2, 0.25) is 0 Å². The molecule has 2 heterocycles. The molecule has 10 heteroatoms. The highest BCUT2D eigenvalue weighted by molar-refractivity contribution is 7.92. The van der Waals surface area contributed by atoms with Crippen LogP contribution in [0.25, 0.3) is 0 Å². The van der Waals surface area contributed by atoms with Crippen molar-refractivity contribution in [1.29, 1.82) is 0 Å². The maximum Gasteiger partial charge on any atom is 0.395 e. The van der Waals surface area contributed by atoms with Gasteiger partial charge in [-0.1, -0.05) is 18.2 Å². The van der Waals surface area contributed by atoms with Gasteiger partial charge < -0.3 is 10.2 Å². The number of rotatable bonds is 5. The van der Waals surface area contributed by atoms with Crippen LogP contribution in [-0.4, -0.2) is 45.8 Å². The summed E-state index contributed by atoms with van der Waals surface area (Å²) >= 11 is 0. The van der Waals surface area contributed by atoms with E-state index in [1.165, 1.54) is 25.1 Å². The predicted octanol–water partition coefficient (Wildman–Crippen LogP) is 3.27. The molecule has 0 unspecified atom stereocenters. The average Bonchev–Trinajstić information content (AvgIpc) is 2.69. The van der Waals surface area contributed by atoms with Crippen molar-refractivity contribution >= 4 is 21.5 Å². The third kappa shape index (κ3) is 4.81. The standard InChI is InChI=1S/C19H23F3N4O2S/c1-13(19(20,21)22)16-12-17(26-10-8-23-9-11-26)24-14(2)18(16)25-29(27,28)15-6-4-3-5-7-15/h3-7,12-13,23,25H,8-11H2,1-2H3/t13-/m1/s1. The molecule has 1 aliphatic rings. The van der Waals surface area contributed by atoms with Gasteiger partial charge >= 0.3 is 6.18 Å². The summed E-state index contributed by atoms with van der Waals surface area (Å²) < 4.78 is 68.5. The Bertz CT molecular complexity index is 959. The van der Waals surface area contributed by atoms with Crippen molar-refractivity contribution in [3.05, 3.63) is 47.7 Å². The zero-order valence-corrected chi connectivity index (χ0v) is 16.9. The van der Waals surface area contributed by atoms with Crippen molar-refractivity contribution in [3.63, 3.8) is 0 Å².